The molecular weight excluding hydrogens is 298 g/mol. The van der Waals surface area contributed by atoms with E-state index < -0.39 is 9.84 Å². The predicted octanol–water partition coefficient (Wildman–Crippen LogP) is 1.95. The normalized spacial score (nSPS) is 25.5. The molecule has 0 amide bonds. The number of hydrogen-bond acceptors (Lipinski definition) is 3. The summed E-state index contributed by atoms with van der Waals surface area (Å²) in [5.74, 6) is 2.66. The molecule has 2 N–H and O–H groups in total. The summed E-state index contributed by atoms with van der Waals surface area (Å²) < 4.78 is 22.9. The topological polar surface area (TPSA) is 70.6 Å². The number of sulfone groups is 1. The maximum Gasteiger partial charge on any atom is 0.190 e. The van der Waals surface area contributed by atoms with Gasteiger partial charge in [-0.15, -0.1) is 0 Å². The Bertz CT molecular complexity index is 456. The fraction of sp³-hybridized carbons (Fsp3) is 0.938. The standard InChI is InChI=1S/C16H31N3O2S/c1-17-16(19-12-15-9-11-22(20,21)13-15)18-10-5-4-8-14-6-2-3-7-14/h14-15H,2-13H2,1H3,(H2,17,18,19). The zero-order chi connectivity index (χ0) is 15.8. The lowest BCUT2D eigenvalue weighted by molar-refractivity contribution is 0.472. The van der Waals surface area contributed by atoms with Crippen LogP contribution in [0.4, 0.5) is 0 Å². The van der Waals surface area contributed by atoms with Gasteiger partial charge in [0, 0.05) is 20.1 Å². The summed E-state index contributed by atoms with van der Waals surface area (Å²) in [6.07, 6.45) is 10.3. The maximum absolute atomic E-state index is 11.4. The van der Waals surface area contributed by atoms with E-state index in [2.05, 4.69) is 15.6 Å². The second kappa shape index (κ2) is 8.75. The molecule has 1 aliphatic carbocycles. The van der Waals surface area contributed by atoms with E-state index in [0.29, 0.717) is 18.1 Å². The summed E-state index contributed by atoms with van der Waals surface area (Å²) in [5, 5.41) is 6.58. The fourth-order valence-corrected chi connectivity index (χ4v) is 5.42. The van der Waals surface area contributed by atoms with Crippen LogP contribution in [0.5, 0.6) is 0 Å². The Hall–Kier alpha value is -0.780. The van der Waals surface area contributed by atoms with Crippen molar-refractivity contribution in [3.8, 4) is 0 Å². The van der Waals surface area contributed by atoms with Crippen LogP contribution in [-0.2, 0) is 9.84 Å². The van der Waals surface area contributed by atoms with Crippen LogP contribution in [0.15, 0.2) is 4.99 Å². The molecule has 1 heterocycles. The smallest absolute Gasteiger partial charge is 0.190 e. The van der Waals surface area contributed by atoms with E-state index in [-0.39, 0.29) is 5.92 Å². The molecular formula is C16H31N3O2S. The van der Waals surface area contributed by atoms with Gasteiger partial charge in [0.2, 0.25) is 0 Å². The average Bonchev–Trinajstić information content (AvgIpc) is 3.11. The molecule has 1 atom stereocenters. The van der Waals surface area contributed by atoms with Crippen LogP contribution in [0.3, 0.4) is 0 Å². The minimum atomic E-state index is -2.78. The number of hydrogen-bond donors (Lipinski definition) is 2. The van der Waals surface area contributed by atoms with Crippen molar-refractivity contribution in [2.75, 3.05) is 31.6 Å². The van der Waals surface area contributed by atoms with Gasteiger partial charge >= 0.3 is 0 Å². The molecule has 0 spiro atoms. The molecule has 6 heteroatoms. The van der Waals surface area contributed by atoms with Gasteiger partial charge in [0.1, 0.15) is 0 Å². The Labute approximate surface area is 135 Å². The van der Waals surface area contributed by atoms with Crippen LogP contribution >= 0.6 is 0 Å². The van der Waals surface area contributed by atoms with Gasteiger partial charge in [-0.3, -0.25) is 4.99 Å². The van der Waals surface area contributed by atoms with Gasteiger partial charge in [-0.2, -0.15) is 0 Å². The van der Waals surface area contributed by atoms with Crippen LogP contribution in [0.25, 0.3) is 0 Å². The van der Waals surface area contributed by atoms with Crippen LogP contribution in [0, 0.1) is 11.8 Å². The molecule has 0 bridgehead atoms. The first-order valence-electron chi connectivity index (χ1n) is 8.74. The Morgan fingerprint density at radius 1 is 1.09 bits per heavy atom. The first kappa shape index (κ1) is 17.6. The second-order valence-corrected chi connectivity index (χ2v) is 9.02. The Morgan fingerprint density at radius 2 is 1.86 bits per heavy atom. The maximum atomic E-state index is 11.4. The third-order valence-electron chi connectivity index (χ3n) is 4.91. The lowest BCUT2D eigenvalue weighted by Crippen LogP contribution is -2.40. The highest BCUT2D eigenvalue weighted by atomic mass is 32.2. The third kappa shape index (κ3) is 6.15. The Kier molecular flexibility index (Phi) is 6.99. The van der Waals surface area contributed by atoms with E-state index in [1.165, 1.54) is 44.9 Å². The lowest BCUT2D eigenvalue weighted by Gasteiger charge is -2.15. The van der Waals surface area contributed by atoms with E-state index >= 15 is 0 Å². The van der Waals surface area contributed by atoms with E-state index in [4.69, 9.17) is 0 Å². The van der Waals surface area contributed by atoms with E-state index in [9.17, 15) is 8.42 Å². The highest BCUT2D eigenvalue weighted by Crippen LogP contribution is 2.28. The average molecular weight is 330 g/mol. The molecule has 0 aromatic heterocycles. The summed E-state index contributed by atoms with van der Waals surface area (Å²) in [4.78, 5) is 4.21. The molecule has 2 rings (SSSR count). The molecule has 1 aliphatic heterocycles. The summed E-state index contributed by atoms with van der Waals surface area (Å²) in [6.45, 7) is 1.64. The molecule has 0 aromatic carbocycles. The van der Waals surface area contributed by atoms with Gasteiger partial charge in [0.25, 0.3) is 0 Å². The molecule has 1 saturated heterocycles. The van der Waals surface area contributed by atoms with Gasteiger partial charge in [-0.05, 0) is 24.7 Å². The van der Waals surface area contributed by atoms with Crippen molar-refractivity contribution in [2.45, 2.75) is 51.4 Å². The Morgan fingerprint density at radius 3 is 2.50 bits per heavy atom. The van der Waals surface area contributed by atoms with Crippen molar-refractivity contribution in [2.24, 2.45) is 16.8 Å². The highest BCUT2D eigenvalue weighted by molar-refractivity contribution is 7.91. The molecule has 0 aromatic rings. The lowest BCUT2D eigenvalue weighted by atomic mass is 10.0. The largest absolute Gasteiger partial charge is 0.356 e. The van der Waals surface area contributed by atoms with Crippen LogP contribution in [-0.4, -0.2) is 46.0 Å². The minimum Gasteiger partial charge on any atom is -0.356 e. The fourth-order valence-electron chi connectivity index (χ4n) is 3.56. The van der Waals surface area contributed by atoms with Gasteiger partial charge in [0.15, 0.2) is 15.8 Å². The van der Waals surface area contributed by atoms with Crippen molar-refractivity contribution < 1.29 is 8.42 Å². The number of aliphatic imine (C=N–C) groups is 1. The predicted molar refractivity (Wildman–Crippen MR) is 91.9 cm³/mol. The first-order valence-corrected chi connectivity index (χ1v) is 10.6. The van der Waals surface area contributed by atoms with E-state index in [1.807, 2.05) is 0 Å². The molecule has 128 valence electrons. The number of unbranched alkanes of at least 4 members (excludes halogenated alkanes) is 1. The molecule has 2 aliphatic rings. The van der Waals surface area contributed by atoms with Crippen LogP contribution in [0.2, 0.25) is 0 Å². The number of nitrogens with one attached hydrogen (secondary N) is 2. The van der Waals surface area contributed by atoms with Gasteiger partial charge < -0.3 is 10.6 Å². The van der Waals surface area contributed by atoms with Gasteiger partial charge in [0.05, 0.1) is 11.5 Å². The number of rotatable bonds is 7. The van der Waals surface area contributed by atoms with E-state index in [1.54, 1.807) is 7.05 Å². The summed E-state index contributed by atoms with van der Waals surface area (Å²) >= 11 is 0. The summed E-state index contributed by atoms with van der Waals surface area (Å²) in [7, 11) is -1.02. The zero-order valence-electron chi connectivity index (χ0n) is 13.8. The quantitative estimate of drug-likeness (QED) is 0.425. The minimum absolute atomic E-state index is 0.228. The van der Waals surface area contributed by atoms with Crippen LogP contribution < -0.4 is 10.6 Å². The van der Waals surface area contributed by atoms with Gasteiger partial charge in [-0.25, -0.2) is 8.42 Å². The molecule has 0 radical (unpaired) electrons. The van der Waals surface area contributed by atoms with Crippen molar-refractivity contribution in [3.05, 3.63) is 0 Å². The summed E-state index contributed by atoms with van der Waals surface area (Å²) in [5.41, 5.74) is 0. The van der Waals surface area contributed by atoms with Crippen molar-refractivity contribution in [3.63, 3.8) is 0 Å². The highest BCUT2D eigenvalue weighted by Gasteiger charge is 2.27. The van der Waals surface area contributed by atoms with Gasteiger partial charge in [-0.1, -0.05) is 38.5 Å². The monoisotopic (exact) mass is 329 g/mol. The molecule has 22 heavy (non-hydrogen) atoms. The van der Waals surface area contributed by atoms with E-state index in [0.717, 1.165) is 24.8 Å². The summed E-state index contributed by atoms with van der Waals surface area (Å²) in [6, 6.07) is 0. The zero-order valence-corrected chi connectivity index (χ0v) is 14.6. The molecule has 1 saturated carbocycles. The second-order valence-electron chi connectivity index (χ2n) is 6.80. The molecule has 2 fully saturated rings. The Balaban J connectivity index is 1.53. The molecule has 1 unspecified atom stereocenters. The van der Waals surface area contributed by atoms with Crippen molar-refractivity contribution >= 4 is 15.8 Å². The van der Waals surface area contributed by atoms with Crippen molar-refractivity contribution in [1.29, 1.82) is 0 Å². The number of nitrogens with zero attached hydrogens (tertiary/aromatic N) is 1. The SMILES string of the molecule is CN=C(NCCCCC1CCCC1)NCC1CCS(=O)(=O)C1. The van der Waals surface area contributed by atoms with Crippen molar-refractivity contribution in [1.82, 2.24) is 10.6 Å². The third-order valence-corrected chi connectivity index (χ3v) is 6.75. The first-order chi connectivity index (χ1) is 10.6. The number of guanidine groups is 1. The molecule has 5 nitrogen and oxygen atoms in total. The van der Waals surface area contributed by atoms with Crippen LogP contribution in [0.1, 0.15) is 51.4 Å².